The van der Waals surface area contributed by atoms with Crippen LogP contribution in [-0.4, -0.2) is 19.1 Å². The summed E-state index contributed by atoms with van der Waals surface area (Å²) in [6.45, 7) is 7.11. The minimum atomic E-state index is -0.134. The van der Waals surface area contributed by atoms with Crippen molar-refractivity contribution < 1.29 is 0 Å². The minimum Gasteiger partial charge on any atom is -0.364 e. The Morgan fingerprint density at radius 3 is 2.54 bits per heavy atom. The van der Waals surface area contributed by atoms with E-state index in [2.05, 4.69) is 30.3 Å². The Kier molecular flexibility index (Phi) is 2.98. The second-order valence-corrected chi connectivity index (χ2v) is 5.15. The van der Waals surface area contributed by atoms with Crippen molar-refractivity contribution in [2.45, 2.75) is 26.3 Å². The first-order valence-electron chi connectivity index (χ1n) is 4.44. The molecule has 0 aliphatic rings. The molecule has 0 aliphatic heterocycles. The first-order chi connectivity index (χ1) is 5.90. The zero-order valence-corrected chi connectivity index (χ0v) is 9.61. The largest absolute Gasteiger partial charge is 0.364 e. The van der Waals surface area contributed by atoms with Crippen molar-refractivity contribution in [1.29, 1.82) is 0 Å². The van der Waals surface area contributed by atoms with E-state index in [1.54, 1.807) is 11.3 Å². The Hall–Kier alpha value is -0.540. The average molecular weight is 198 g/mol. The first-order valence-corrected chi connectivity index (χ1v) is 5.32. The van der Waals surface area contributed by atoms with Crippen molar-refractivity contribution in [3.63, 3.8) is 0 Å². The standard InChI is InChI=1S/C10H18N2S/c1-8-5-6-13-9(8)12(4)7-10(2,3)11/h5-6H,7,11H2,1-4H3. The molecule has 13 heavy (non-hydrogen) atoms. The van der Waals surface area contributed by atoms with Crippen LogP contribution < -0.4 is 10.6 Å². The fourth-order valence-corrected chi connectivity index (χ4v) is 2.34. The first kappa shape index (κ1) is 10.5. The van der Waals surface area contributed by atoms with Gasteiger partial charge in [0.1, 0.15) is 0 Å². The molecule has 1 aromatic heterocycles. The molecule has 0 aromatic carbocycles. The summed E-state index contributed by atoms with van der Waals surface area (Å²) in [4.78, 5) is 2.22. The van der Waals surface area contributed by atoms with E-state index in [9.17, 15) is 0 Å². The number of thiophene rings is 1. The van der Waals surface area contributed by atoms with Crippen LogP contribution in [0.2, 0.25) is 0 Å². The molecule has 0 unspecified atom stereocenters. The molecule has 1 heterocycles. The number of hydrogen-bond acceptors (Lipinski definition) is 3. The number of rotatable bonds is 3. The third kappa shape index (κ3) is 3.01. The number of nitrogens with zero attached hydrogens (tertiary/aromatic N) is 1. The highest BCUT2D eigenvalue weighted by Crippen LogP contribution is 2.26. The smallest absolute Gasteiger partial charge is 0.0936 e. The molecule has 0 saturated carbocycles. The van der Waals surface area contributed by atoms with Gasteiger partial charge in [-0.1, -0.05) is 0 Å². The molecular formula is C10H18N2S. The molecule has 0 aliphatic carbocycles. The van der Waals surface area contributed by atoms with E-state index in [1.807, 2.05) is 13.8 Å². The van der Waals surface area contributed by atoms with Gasteiger partial charge in [0.15, 0.2) is 0 Å². The Labute approximate surface area is 84.4 Å². The van der Waals surface area contributed by atoms with Crippen molar-refractivity contribution in [3.8, 4) is 0 Å². The second kappa shape index (κ2) is 3.68. The molecule has 0 spiro atoms. The summed E-state index contributed by atoms with van der Waals surface area (Å²) in [5, 5.41) is 3.43. The molecule has 3 heteroatoms. The van der Waals surface area contributed by atoms with Crippen LogP contribution in [0.5, 0.6) is 0 Å². The SMILES string of the molecule is Cc1ccsc1N(C)CC(C)(C)N. The van der Waals surface area contributed by atoms with Crippen molar-refractivity contribution in [2.75, 3.05) is 18.5 Å². The quantitative estimate of drug-likeness (QED) is 0.807. The highest BCUT2D eigenvalue weighted by atomic mass is 32.1. The molecular weight excluding hydrogens is 180 g/mol. The topological polar surface area (TPSA) is 29.3 Å². The Morgan fingerprint density at radius 1 is 1.54 bits per heavy atom. The molecule has 0 radical (unpaired) electrons. The molecule has 0 amide bonds. The molecule has 0 atom stereocenters. The average Bonchev–Trinajstić information content (AvgIpc) is 2.30. The number of aryl methyl sites for hydroxylation is 1. The fourth-order valence-electron chi connectivity index (χ4n) is 1.44. The van der Waals surface area contributed by atoms with Crippen LogP contribution in [0.3, 0.4) is 0 Å². The van der Waals surface area contributed by atoms with Gasteiger partial charge in [0.05, 0.1) is 5.00 Å². The zero-order chi connectivity index (χ0) is 10.1. The summed E-state index contributed by atoms with van der Waals surface area (Å²) >= 11 is 1.77. The molecule has 74 valence electrons. The van der Waals surface area contributed by atoms with Crippen LogP contribution in [-0.2, 0) is 0 Å². The van der Waals surface area contributed by atoms with Gasteiger partial charge in [-0.3, -0.25) is 0 Å². The van der Waals surface area contributed by atoms with Crippen molar-refractivity contribution in [2.24, 2.45) is 5.73 Å². The van der Waals surface area contributed by atoms with Crippen LogP contribution in [0.15, 0.2) is 11.4 Å². The maximum atomic E-state index is 5.96. The van der Waals surface area contributed by atoms with E-state index >= 15 is 0 Å². The summed E-state index contributed by atoms with van der Waals surface area (Å²) in [5.41, 5.74) is 7.15. The second-order valence-electron chi connectivity index (χ2n) is 4.25. The third-order valence-corrected chi connectivity index (χ3v) is 2.96. The lowest BCUT2D eigenvalue weighted by Gasteiger charge is -2.27. The van der Waals surface area contributed by atoms with Crippen LogP contribution in [0, 0.1) is 6.92 Å². The van der Waals surface area contributed by atoms with Gasteiger partial charge >= 0.3 is 0 Å². The van der Waals surface area contributed by atoms with E-state index in [-0.39, 0.29) is 5.54 Å². The van der Waals surface area contributed by atoms with Gasteiger partial charge in [0, 0.05) is 19.1 Å². The Balaban J connectivity index is 2.69. The van der Waals surface area contributed by atoms with Crippen LogP contribution in [0.25, 0.3) is 0 Å². The minimum absolute atomic E-state index is 0.134. The van der Waals surface area contributed by atoms with Gasteiger partial charge in [0.25, 0.3) is 0 Å². The molecule has 1 rings (SSSR count). The molecule has 0 saturated heterocycles. The van der Waals surface area contributed by atoms with Gasteiger partial charge in [-0.25, -0.2) is 0 Å². The number of hydrogen-bond donors (Lipinski definition) is 1. The van der Waals surface area contributed by atoms with E-state index in [1.165, 1.54) is 10.6 Å². The summed E-state index contributed by atoms with van der Waals surface area (Å²) < 4.78 is 0. The Morgan fingerprint density at radius 2 is 2.15 bits per heavy atom. The normalized spacial score (nSPS) is 11.8. The summed E-state index contributed by atoms with van der Waals surface area (Å²) in [7, 11) is 2.09. The maximum Gasteiger partial charge on any atom is 0.0936 e. The lowest BCUT2D eigenvalue weighted by atomic mass is 10.1. The van der Waals surface area contributed by atoms with Gasteiger partial charge < -0.3 is 10.6 Å². The predicted molar refractivity (Wildman–Crippen MR) is 60.6 cm³/mol. The summed E-state index contributed by atoms with van der Waals surface area (Å²) in [6, 6.07) is 2.14. The van der Waals surface area contributed by atoms with Gasteiger partial charge in [-0.15, -0.1) is 11.3 Å². The molecule has 0 fully saturated rings. The molecule has 2 nitrogen and oxygen atoms in total. The fraction of sp³-hybridized carbons (Fsp3) is 0.600. The van der Waals surface area contributed by atoms with Crippen molar-refractivity contribution in [3.05, 3.63) is 17.0 Å². The maximum absolute atomic E-state index is 5.96. The highest BCUT2D eigenvalue weighted by Gasteiger charge is 2.15. The lowest BCUT2D eigenvalue weighted by molar-refractivity contribution is 0.520. The number of anilines is 1. The molecule has 0 bridgehead atoms. The lowest BCUT2D eigenvalue weighted by Crippen LogP contribution is -2.43. The van der Waals surface area contributed by atoms with E-state index in [0.717, 1.165) is 6.54 Å². The summed E-state index contributed by atoms with van der Waals surface area (Å²) in [5.74, 6) is 0. The molecule has 2 N–H and O–H groups in total. The van der Waals surface area contributed by atoms with Crippen LogP contribution in [0.4, 0.5) is 5.00 Å². The van der Waals surface area contributed by atoms with Crippen LogP contribution in [0.1, 0.15) is 19.4 Å². The third-order valence-electron chi connectivity index (χ3n) is 1.83. The number of likely N-dealkylation sites (N-methyl/N-ethyl adjacent to an activating group) is 1. The highest BCUT2D eigenvalue weighted by molar-refractivity contribution is 7.14. The molecule has 1 aromatic rings. The number of nitrogens with two attached hydrogens (primary N) is 1. The van der Waals surface area contributed by atoms with Crippen molar-refractivity contribution in [1.82, 2.24) is 0 Å². The predicted octanol–water partition coefficient (Wildman–Crippen LogP) is 2.23. The van der Waals surface area contributed by atoms with Crippen molar-refractivity contribution >= 4 is 16.3 Å². The van der Waals surface area contributed by atoms with Gasteiger partial charge in [-0.05, 0) is 37.8 Å². The van der Waals surface area contributed by atoms with E-state index in [4.69, 9.17) is 5.73 Å². The Bertz CT molecular complexity index is 273. The van der Waals surface area contributed by atoms with Gasteiger partial charge in [0.2, 0.25) is 0 Å². The monoisotopic (exact) mass is 198 g/mol. The zero-order valence-electron chi connectivity index (χ0n) is 8.79. The van der Waals surface area contributed by atoms with E-state index < -0.39 is 0 Å². The van der Waals surface area contributed by atoms with E-state index in [0.29, 0.717) is 0 Å². The van der Waals surface area contributed by atoms with Gasteiger partial charge in [-0.2, -0.15) is 0 Å². The van der Waals surface area contributed by atoms with Crippen LogP contribution >= 0.6 is 11.3 Å². The summed E-state index contributed by atoms with van der Waals surface area (Å²) in [6.07, 6.45) is 0.